The number of anilines is 1. The van der Waals surface area contributed by atoms with Crippen LogP contribution in [0.1, 0.15) is 0 Å². The average Bonchev–Trinajstić information content (AvgIpc) is 3.18. The number of likely N-dealkylation sites (N-methyl/N-ethyl adjacent to an activating group) is 1. The number of rotatable bonds is 8. The average molecular weight is 404 g/mol. The third-order valence-electron chi connectivity index (χ3n) is 3.87. The van der Waals surface area contributed by atoms with E-state index >= 15 is 0 Å². The molecule has 1 N–H and O–H groups in total. The lowest BCUT2D eigenvalue weighted by Gasteiger charge is -2.17. The van der Waals surface area contributed by atoms with Crippen molar-refractivity contribution in [2.75, 3.05) is 32.1 Å². The Bertz CT molecular complexity index is 919. The van der Waals surface area contributed by atoms with Gasteiger partial charge in [-0.15, -0.1) is 0 Å². The topological polar surface area (TPSA) is 72.3 Å². The summed E-state index contributed by atoms with van der Waals surface area (Å²) < 4.78 is 20.0. The van der Waals surface area contributed by atoms with Crippen molar-refractivity contribution < 1.29 is 13.9 Å². The summed E-state index contributed by atoms with van der Waals surface area (Å²) in [6.45, 7) is 1.06. The molecule has 1 heterocycles. The molecule has 7 nitrogen and oxygen atoms in total. The predicted octanol–water partition coefficient (Wildman–Crippen LogP) is 3.01. The number of ether oxygens (including phenoxy) is 1. The van der Waals surface area contributed by atoms with Gasteiger partial charge in [0, 0.05) is 11.6 Å². The fourth-order valence-electron chi connectivity index (χ4n) is 2.50. The van der Waals surface area contributed by atoms with Gasteiger partial charge in [-0.25, -0.2) is 14.1 Å². The summed E-state index contributed by atoms with van der Waals surface area (Å²) in [5.41, 5.74) is 1.21. The van der Waals surface area contributed by atoms with E-state index in [1.807, 2.05) is 11.9 Å². The van der Waals surface area contributed by atoms with Gasteiger partial charge in [0.05, 0.1) is 17.9 Å². The molecule has 0 fully saturated rings. The largest absolute Gasteiger partial charge is 0.492 e. The van der Waals surface area contributed by atoms with E-state index < -0.39 is 0 Å². The maximum Gasteiger partial charge on any atom is 0.238 e. The van der Waals surface area contributed by atoms with E-state index in [0.717, 1.165) is 0 Å². The van der Waals surface area contributed by atoms with Crippen LogP contribution in [0.2, 0.25) is 5.02 Å². The van der Waals surface area contributed by atoms with Crippen LogP contribution in [0, 0.1) is 5.82 Å². The number of benzene rings is 2. The second-order valence-electron chi connectivity index (χ2n) is 6.09. The van der Waals surface area contributed by atoms with E-state index in [4.69, 9.17) is 16.3 Å². The predicted molar refractivity (Wildman–Crippen MR) is 104 cm³/mol. The van der Waals surface area contributed by atoms with Gasteiger partial charge in [-0.2, -0.15) is 5.10 Å². The van der Waals surface area contributed by atoms with Crippen LogP contribution in [0.5, 0.6) is 5.75 Å². The molecule has 0 spiro atoms. The minimum absolute atomic E-state index is 0.163. The first-order valence-electron chi connectivity index (χ1n) is 8.52. The first-order valence-corrected chi connectivity index (χ1v) is 8.90. The van der Waals surface area contributed by atoms with Gasteiger partial charge in [0.2, 0.25) is 5.91 Å². The standard InChI is InChI=1S/C19H19ClFN5O2/c1-25(8-9-28-16-5-3-15(21)4-6-16)11-19(27)24-17-10-14(20)2-7-18(17)26-13-22-12-23-26/h2-7,10,12-13H,8-9,11H2,1H3,(H,24,27). The van der Waals surface area contributed by atoms with Gasteiger partial charge in [-0.1, -0.05) is 11.6 Å². The first-order chi connectivity index (χ1) is 13.5. The number of hydrogen-bond acceptors (Lipinski definition) is 5. The SMILES string of the molecule is CN(CCOc1ccc(F)cc1)CC(=O)Nc1cc(Cl)ccc1-n1cncn1. The lowest BCUT2D eigenvalue weighted by Crippen LogP contribution is -2.33. The zero-order valence-electron chi connectivity index (χ0n) is 15.2. The Morgan fingerprint density at radius 3 is 2.79 bits per heavy atom. The van der Waals surface area contributed by atoms with Crippen molar-refractivity contribution in [1.29, 1.82) is 0 Å². The van der Waals surface area contributed by atoms with Gasteiger partial charge < -0.3 is 10.1 Å². The molecular weight excluding hydrogens is 385 g/mol. The fraction of sp³-hybridized carbons (Fsp3) is 0.211. The second kappa shape index (κ2) is 9.29. The molecule has 0 saturated heterocycles. The van der Waals surface area contributed by atoms with Crippen LogP contribution in [0.4, 0.5) is 10.1 Å². The molecule has 0 unspecified atom stereocenters. The highest BCUT2D eigenvalue weighted by Gasteiger charge is 2.12. The summed E-state index contributed by atoms with van der Waals surface area (Å²) in [5.74, 6) is 0.0657. The molecule has 0 bridgehead atoms. The number of hydrogen-bond donors (Lipinski definition) is 1. The van der Waals surface area contributed by atoms with Crippen molar-refractivity contribution in [3.63, 3.8) is 0 Å². The van der Waals surface area contributed by atoms with Crippen molar-refractivity contribution in [2.45, 2.75) is 0 Å². The molecule has 0 radical (unpaired) electrons. The maximum absolute atomic E-state index is 12.9. The van der Waals surface area contributed by atoms with Gasteiger partial charge in [0.1, 0.15) is 30.8 Å². The summed E-state index contributed by atoms with van der Waals surface area (Å²) in [4.78, 5) is 18.1. The Morgan fingerprint density at radius 2 is 2.07 bits per heavy atom. The van der Waals surface area contributed by atoms with Gasteiger partial charge in [-0.3, -0.25) is 9.69 Å². The smallest absolute Gasteiger partial charge is 0.238 e. The number of aromatic nitrogens is 3. The Hall–Kier alpha value is -2.97. The van der Waals surface area contributed by atoms with Gasteiger partial charge in [0.15, 0.2) is 0 Å². The molecule has 1 aromatic heterocycles. The van der Waals surface area contributed by atoms with E-state index in [1.54, 1.807) is 35.0 Å². The highest BCUT2D eigenvalue weighted by atomic mass is 35.5. The van der Waals surface area contributed by atoms with Crippen molar-refractivity contribution in [3.05, 3.63) is 66.0 Å². The Labute approximate surface area is 166 Å². The third-order valence-corrected chi connectivity index (χ3v) is 4.10. The molecule has 0 aliphatic rings. The number of amides is 1. The minimum atomic E-state index is -0.313. The van der Waals surface area contributed by atoms with E-state index in [0.29, 0.717) is 35.3 Å². The molecule has 146 valence electrons. The number of carbonyl (C=O) groups excluding carboxylic acids is 1. The summed E-state index contributed by atoms with van der Waals surface area (Å²) >= 11 is 6.06. The van der Waals surface area contributed by atoms with E-state index in [-0.39, 0.29) is 18.3 Å². The van der Waals surface area contributed by atoms with E-state index in [2.05, 4.69) is 15.4 Å². The van der Waals surface area contributed by atoms with E-state index in [9.17, 15) is 9.18 Å². The van der Waals surface area contributed by atoms with Gasteiger partial charge in [-0.05, 0) is 49.5 Å². The van der Waals surface area contributed by atoms with Crippen LogP contribution in [0.3, 0.4) is 0 Å². The number of nitrogens with one attached hydrogen (secondary N) is 1. The maximum atomic E-state index is 12.9. The third kappa shape index (κ3) is 5.51. The highest BCUT2D eigenvalue weighted by molar-refractivity contribution is 6.31. The molecule has 9 heteroatoms. The number of halogens is 2. The molecule has 3 aromatic rings. The van der Waals surface area contributed by atoms with Crippen molar-refractivity contribution in [3.8, 4) is 11.4 Å². The molecule has 3 rings (SSSR count). The Kier molecular flexibility index (Phi) is 6.57. The van der Waals surface area contributed by atoms with Crippen molar-refractivity contribution >= 4 is 23.2 Å². The molecule has 28 heavy (non-hydrogen) atoms. The Balaban J connectivity index is 1.52. The molecule has 0 saturated carbocycles. The quantitative estimate of drug-likeness (QED) is 0.626. The zero-order valence-corrected chi connectivity index (χ0v) is 15.9. The summed E-state index contributed by atoms with van der Waals surface area (Å²) in [6.07, 6.45) is 2.95. The molecule has 0 aliphatic carbocycles. The number of nitrogens with zero attached hydrogens (tertiary/aromatic N) is 4. The zero-order chi connectivity index (χ0) is 19.9. The molecule has 0 aliphatic heterocycles. The van der Waals surface area contributed by atoms with Crippen LogP contribution in [-0.2, 0) is 4.79 Å². The Morgan fingerprint density at radius 1 is 1.29 bits per heavy atom. The van der Waals surface area contributed by atoms with Crippen LogP contribution in [-0.4, -0.2) is 52.3 Å². The highest BCUT2D eigenvalue weighted by Crippen LogP contribution is 2.23. The molecule has 1 amide bonds. The molecule has 0 atom stereocenters. The van der Waals surface area contributed by atoms with E-state index in [1.165, 1.54) is 24.8 Å². The van der Waals surface area contributed by atoms with Crippen molar-refractivity contribution in [1.82, 2.24) is 19.7 Å². The number of carbonyl (C=O) groups is 1. The lowest BCUT2D eigenvalue weighted by molar-refractivity contribution is -0.117. The van der Waals surface area contributed by atoms with Gasteiger partial charge in [0.25, 0.3) is 0 Å². The van der Waals surface area contributed by atoms with Crippen LogP contribution in [0.25, 0.3) is 5.69 Å². The lowest BCUT2D eigenvalue weighted by atomic mass is 10.2. The minimum Gasteiger partial charge on any atom is -0.492 e. The van der Waals surface area contributed by atoms with Crippen molar-refractivity contribution in [2.24, 2.45) is 0 Å². The van der Waals surface area contributed by atoms with Crippen LogP contribution >= 0.6 is 11.6 Å². The summed E-state index contributed by atoms with van der Waals surface area (Å²) in [7, 11) is 1.81. The summed E-state index contributed by atoms with van der Waals surface area (Å²) in [6, 6.07) is 10.9. The molecule has 2 aromatic carbocycles. The summed E-state index contributed by atoms with van der Waals surface area (Å²) in [5, 5.41) is 7.43. The van der Waals surface area contributed by atoms with Crippen LogP contribution < -0.4 is 10.1 Å². The van der Waals surface area contributed by atoms with Gasteiger partial charge >= 0.3 is 0 Å². The molecular formula is C19H19ClFN5O2. The second-order valence-corrected chi connectivity index (χ2v) is 6.53. The van der Waals surface area contributed by atoms with Crippen LogP contribution in [0.15, 0.2) is 55.1 Å². The normalized spacial score (nSPS) is 10.9. The first kappa shape index (κ1) is 19.8. The monoisotopic (exact) mass is 403 g/mol. The fourth-order valence-corrected chi connectivity index (χ4v) is 2.68.